The van der Waals surface area contributed by atoms with Crippen LogP contribution in [0, 0.1) is 0 Å². The van der Waals surface area contributed by atoms with Gasteiger partial charge in [0.2, 0.25) is 10.0 Å². The van der Waals surface area contributed by atoms with E-state index in [2.05, 4.69) is 21.9 Å². The van der Waals surface area contributed by atoms with E-state index in [1.54, 1.807) is 18.2 Å². The van der Waals surface area contributed by atoms with Crippen molar-refractivity contribution in [1.29, 1.82) is 0 Å². The lowest BCUT2D eigenvalue weighted by Gasteiger charge is -2.32. The van der Waals surface area contributed by atoms with E-state index in [9.17, 15) is 8.42 Å². The summed E-state index contributed by atoms with van der Waals surface area (Å²) in [4.78, 5) is 2.62. The molecule has 5 nitrogen and oxygen atoms in total. The van der Waals surface area contributed by atoms with Crippen molar-refractivity contribution in [3.05, 3.63) is 24.3 Å². The number of para-hydroxylation sites is 1. The molecule has 0 saturated carbocycles. The van der Waals surface area contributed by atoms with Gasteiger partial charge in [-0.2, -0.15) is 0 Å². The maximum atomic E-state index is 12.6. The van der Waals surface area contributed by atoms with Crippen LogP contribution in [0.2, 0.25) is 0 Å². The normalized spacial score (nSPS) is 20.4. The van der Waals surface area contributed by atoms with E-state index in [1.165, 1.54) is 0 Å². The number of likely N-dealkylation sites (tertiary alicyclic amines) is 1. The van der Waals surface area contributed by atoms with Crippen LogP contribution in [0.3, 0.4) is 0 Å². The first-order chi connectivity index (χ1) is 10.1. The van der Waals surface area contributed by atoms with Crippen molar-refractivity contribution in [1.82, 2.24) is 9.62 Å². The number of benzene rings is 1. The number of rotatable bonds is 6. The number of nitrogens with one attached hydrogen (secondary N) is 2. The Morgan fingerprint density at radius 3 is 2.76 bits per heavy atom. The van der Waals surface area contributed by atoms with Gasteiger partial charge in [0.15, 0.2) is 0 Å². The third kappa shape index (κ3) is 4.18. The molecule has 1 aliphatic rings. The molecule has 0 spiro atoms. The summed E-state index contributed by atoms with van der Waals surface area (Å²) >= 11 is 0. The van der Waals surface area contributed by atoms with E-state index >= 15 is 0 Å². The molecule has 0 radical (unpaired) electrons. The fourth-order valence-corrected chi connectivity index (χ4v) is 4.20. The summed E-state index contributed by atoms with van der Waals surface area (Å²) in [6.07, 6.45) is 1.94. The van der Waals surface area contributed by atoms with E-state index < -0.39 is 10.0 Å². The lowest BCUT2D eigenvalue weighted by molar-refractivity contribution is 0.211. The summed E-state index contributed by atoms with van der Waals surface area (Å²) in [5.41, 5.74) is 0.663. The number of likely N-dealkylation sites (N-methyl/N-ethyl adjacent to an activating group) is 1. The minimum Gasteiger partial charge on any atom is -0.384 e. The predicted molar refractivity (Wildman–Crippen MR) is 86.1 cm³/mol. The smallest absolute Gasteiger partial charge is 0.242 e. The standard InChI is InChI=1S/C15H25N3O2S/c1-3-16-14-9-5-6-10-15(14)21(19,20)17-13-8-7-11-18(4-2)12-13/h5-6,9-10,13,16-17H,3-4,7-8,11-12H2,1-2H3. The van der Waals surface area contributed by atoms with E-state index in [0.717, 1.165) is 32.5 Å². The Labute approximate surface area is 127 Å². The molecule has 1 aromatic carbocycles. The molecule has 21 heavy (non-hydrogen) atoms. The Morgan fingerprint density at radius 2 is 2.05 bits per heavy atom. The third-order valence-corrected chi connectivity index (χ3v) is 5.40. The van der Waals surface area contributed by atoms with Gasteiger partial charge in [0, 0.05) is 19.1 Å². The number of sulfonamides is 1. The van der Waals surface area contributed by atoms with Crippen LogP contribution in [-0.4, -0.2) is 45.5 Å². The lowest BCUT2D eigenvalue weighted by atomic mass is 10.1. The molecular weight excluding hydrogens is 286 g/mol. The van der Waals surface area contributed by atoms with Crippen LogP contribution in [-0.2, 0) is 10.0 Å². The summed E-state index contributed by atoms with van der Waals surface area (Å²) in [6.45, 7) is 7.57. The van der Waals surface area contributed by atoms with Crippen LogP contribution in [0.5, 0.6) is 0 Å². The molecule has 1 aliphatic heterocycles. The first-order valence-corrected chi connectivity index (χ1v) is 9.12. The zero-order valence-corrected chi connectivity index (χ0v) is 13.6. The van der Waals surface area contributed by atoms with Crippen molar-refractivity contribution < 1.29 is 8.42 Å². The molecule has 2 rings (SSSR count). The highest BCUT2D eigenvalue weighted by molar-refractivity contribution is 7.89. The van der Waals surface area contributed by atoms with Crippen LogP contribution < -0.4 is 10.0 Å². The average Bonchev–Trinajstić information content (AvgIpc) is 2.48. The zero-order chi connectivity index (χ0) is 15.3. The van der Waals surface area contributed by atoms with Gasteiger partial charge in [-0.15, -0.1) is 0 Å². The van der Waals surface area contributed by atoms with E-state index in [-0.39, 0.29) is 6.04 Å². The number of hydrogen-bond donors (Lipinski definition) is 2. The monoisotopic (exact) mass is 311 g/mol. The van der Waals surface area contributed by atoms with Gasteiger partial charge in [0.05, 0.1) is 5.69 Å². The van der Waals surface area contributed by atoms with Crippen molar-refractivity contribution >= 4 is 15.7 Å². The largest absolute Gasteiger partial charge is 0.384 e. The second kappa shape index (κ2) is 7.24. The van der Waals surface area contributed by atoms with Crippen LogP contribution in [0.4, 0.5) is 5.69 Å². The molecule has 1 aromatic rings. The Hall–Kier alpha value is -1.11. The molecule has 118 valence electrons. The van der Waals surface area contributed by atoms with Gasteiger partial charge in [-0.05, 0) is 45.0 Å². The van der Waals surface area contributed by atoms with Gasteiger partial charge in [-0.25, -0.2) is 13.1 Å². The molecule has 0 aromatic heterocycles. The molecule has 1 unspecified atom stereocenters. The Bertz CT molecular complexity index is 560. The van der Waals surface area contributed by atoms with Gasteiger partial charge >= 0.3 is 0 Å². The summed E-state index contributed by atoms with van der Waals surface area (Å²) in [5, 5.41) is 3.11. The van der Waals surface area contributed by atoms with Gasteiger partial charge in [-0.3, -0.25) is 0 Å². The van der Waals surface area contributed by atoms with Crippen LogP contribution in [0.15, 0.2) is 29.2 Å². The Balaban J connectivity index is 2.15. The Kier molecular flexibility index (Phi) is 5.61. The highest BCUT2D eigenvalue weighted by Crippen LogP contribution is 2.22. The maximum Gasteiger partial charge on any atom is 0.242 e. The minimum absolute atomic E-state index is 0.00150. The van der Waals surface area contributed by atoms with Crippen molar-refractivity contribution in [2.24, 2.45) is 0 Å². The summed E-state index contributed by atoms with van der Waals surface area (Å²) in [7, 11) is -3.48. The zero-order valence-electron chi connectivity index (χ0n) is 12.8. The van der Waals surface area contributed by atoms with Crippen molar-refractivity contribution in [3.63, 3.8) is 0 Å². The summed E-state index contributed by atoms with van der Waals surface area (Å²) in [5.74, 6) is 0. The fourth-order valence-electron chi connectivity index (χ4n) is 2.76. The van der Waals surface area contributed by atoms with Crippen LogP contribution in [0.1, 0.15) is 26.7 Å². The molecule has 0 bridgehead atoms. The van der Waals surface area contributed by atoms with E-state index in [4.69, 9.17) is 0 Å². The Morgan fingerprint density at radius 1 is 1.29 bits per heavy atom. The summed E-state index contributed by atoms with van der Waals surface area (Å²) in [6, 6.07) is 7.06. The highest BCUT2D eigenvalue weighted by atomic mass is 32.2. The number of hydrogen-bond acceptors (Lipinski definition) is 4. The first kappa shape index (κ1) is 16.3. The maximum absolute atomic E-state index is 12.6. The van der Waals surface area contributed by atoms with Crippen LogP contribution in [0.25, 0.3) is 0 Å². The topological polar surface area (TPSA) is 61.4 Å². The molecule has 0 aliphatic carbocycles. The molecule has 2 N–H and O–H groups in total. The van der Waals surface area contributed by atoms with Crippen molar-refractivity contribution in [2.75, 3.05) is 31.5 Å². The average molecular weight is 311 g/mol. The van der Waals surface area contributed by atoms with Crippen LogP contribution >= 0.6 is 0 Å². The van der Waals surface area contributed by atoms with Gasteiger partial charge in [0.1, 0.15) is 4.90 Å². The molecule has 1 saturated heterocycles. The molecule has 1 fully saturated rings. The molecular formula is C15H25N3O2S. The number of piperidine rings is 1. The van der Waals surface area contributed by atoms with Crippen molar-refractivity contribution in [2.45, 2.75) is 37.6 Å². The van der Waals surface area contributed by atoms with E-state index in [1.807, 2.05) is 13.0 Å². The van der Waals surface area contributed by atoms with Gasteiger partial charge in [0.25, 0.3) is 0 Å². The first-order valence-electron chi connectivity index (χ1n) is 7.64. The molecule has 1 atom stereocenters. The SMILES string of the molecule is CCNc1ccccc1S(=O)(=O)NC1CCCN(CC)C1. The number of anilines is 1. The minimum atomic E-state index is -3.48. The van der Waals surface area contributed by atoms with Gasteiger partial charge < -0.3 is 10.2 Å². The molecule has 6 heteroatoms. The predicted octanol–water partition coefficient (Wildman–Crippen LogP) is 1.88. The highest BCUT2D eigenvalue weighted by Gasteiger charge is 2.25. The second-order valence-corrected chi connectivity index (χ2v) is 7.06. The summed E-state index contributed by atoms with van der Waals surface area (Å²) < 4.78 is 28.1. The lowest BCUT2D eigenvalue weighted by Crippen LogP contribution is -2.47. The fraction of sp³-hybridized carbons (Fsp3) is 0.600. The molecule has 0 amide bonds. The van der Waals surface area contributed by atoms with Gasteiger partial charge in [-0.1, -0.05) is 19.1 Å². The molecule has 1 heterocycles. The van der Waals surface area contributed by atoms with E-state index in [0.29, 0.717) is 17.1 Å². The van der Waals surface area contributed by atoms with Crippen molar-refractivity contribution in [3.8, 4) is 0 Å². The quantitative estimate of drug-likeness (QED) is 0.842. The third-order valence-electron chi connectivity index (χ3n) is 3.82. The number of nitrogens with zero attached hydrogens (tertiary/aromatic N) is 1. The second-order valence-electron chi connectivity index (χ2n) is 5.38.